The van der Waals surface area contributed by atoms with Gasteiger partial charge in [0.15, 0.2) is 0 Å². The number of sulfonamides is 1. The van der Waals surface area contributed by atoms with Crippen molar-refractivity contribution in [2.45, 2.75) is 38.5 Å². The van der Waals surface area contributed by atoms with Crippen LogP contribution in [0.3, 0.4) is 0 Å². The summed E-state index contributed by atoms with van der Waals surface area (Å²) in [4.78, 5) is 12.6. The maximum atomic E-state index is 12.6. The number of hydrogen-bond donors (Lipinski definition) is 2. The van der Waals surface area contributed by atoms with E-state index in [1.165, 1.54) is 17.7 Å². The standard InChI is InChI=1S/C19H24N2O3S/c1-5-20-25(23,24)17-11-6-14(4)18(12-17)19(22)21-16-9-7-15(8-10-16)13(2)3/h6-13,20H,5H2,1-4H3,(H,21,22). The summed E-state index contributed by atoms with van der Waals surface area (Å²) in [5, 5.41) is 2.82. The summed E-state index contributed by atoms with van der Waals surface area (Å²) in [5.74, 6) is 0.0864. The van der Waals surface area contributed by atoms with Gasteiger partial charge in [0.1, 0.15) is 0 Å². The van der Waals surface area contributed by atoms with Crippen LogP contribution in [0.4, 0.5) is 5.69 Å². The SMILES string of the molecule is CCNS(=O)(=O)c1ccc(C)c(C(=O)Nc2ccc(C(C)C)cc2)c1. The molecule has 0 fully saturated rings. The van der Waals surface area contributed by atoms with Gasteiger partial charge in [-0.2, -0.15) is 0 Å². The molecule has 0 heterocycles. The lowest BCUT2D eigenvalue weighted by Crippen LogP contribution is -2.24. The molecule has 2 aromatic rings. The van der Waals surface area contributed by atoms with E-state index in [-0.39, 0.29) is 10.8 Å². The van der Waals surface area contributed by atoms with Crippen LogP contribution in [0.2, 0.25) is 0 Å². The first kappa shape index (κ1) is 19.1. The van der Waals surface area contributed by atoms with Crippen LogP contribution in [0, 0.1) is 6.92 Å². The highest BCUT2D eigenvalue weighted by molar-refractivity contribution is 7.89. The molecule has 2 aromatic carbocycles. The molecular formula is C19H24N2O3S. The quantitative estimate of drug-likeness (QED) is 0.825. The van der Waals surface area contributed by atoms with Crippen molar-refractivity contribution in [3.8, 4) is 0 Å². The lowest BCUT2D eigenvalue weighted by molar-refractivity contribution is 0.102. The van der Waals surface area contributed by atoms with Gasteiger partial charge in [-0.1, -0.05) is 39.0 Å². The number of aryl methyl sites for hydroxylation is 1. The zero-order valence-corrected chi connectivity index (χ0v) is 15.8. The van der Waals surface area contributed by atoms with Gasteiger partial charge in [0.25, 0.3) is 5.91 Å². The van der Waals surface area contributed by atoms with Crippen LogP contribution >= 0.6 is 0 Å². The van der Waals surface area contributed by atoms with Gasteiger partial charge in [-0.15, -0.1) is 0 Å². The van der Waals surface area contributed by atoms with Crippen molar-refractivity contribution in [3.63, 3.8) is 0 Å². The van der Waals surface area contributed by atoms with Crippen molar-refractivity contribution in [1.82, 2.24) is 4.72 Å². The zero-order valence-electron chi connectivity index (χ0n) is 15.0. The normalized spacial score (nSPS) is 11.6. The molecule has 1 amide bonds. The van der Waals surface area contributed by atoms with Crippen molar-refractivity contribution in [1.29, 1.82) is 0 Å². The predicted molar refractivity (Wildman–Crippen MR) is 101 cm³/mol. The Hall–Kier alpha value is -2.18. The minimum atomic E-state index is -3.60. The predicted octanol–water partition coefficient (Wildman–Crippen LogP) is 3.67. The number of carbonyl (C=O) groups excluding carboxylic acids is 1. The molecule has 2 N–H and O–H groups in total. The van der Waals surface area contributed by atoms with E-state index in [1.807, 2.05) is 24.3 Å². The van der Waals surface area contributed by atoms with Crippen LogP contribution < -0.4 is 10.0 Å². The topological polar surface area (TPSA) is 75.3 Å². The van der Waals surface area contributed by atoms with E-state index < -0.39 is 10.0 Å². The Morgan fingerprint density at radius 1 is 1.08 bits per heavy atom. The molecule has 134 valence electrons. The third-order valence-corrected chi connectivity index (χ3v) is 5.48. The minimum Gasteiger partial charge on any atom is -0.322 e. The summed E-state index contributed by atoms with van der Waals surface area (Å²) < 4.78 is 26.7. The van der Waals surface area contributed by atoms with Crippen molar-refractivity contribution in [2.75, 3.05) is 11.9 Å². The molecule has 0 aliphatic heterocycles. The van der Waals surface area contributed by atoms with Gasteiger partial charge < -0.3 is 5.32 Å². The Bertz CT molecular complexity index is 857. The highest BCUT2D eigenvalue weighted by Crippen LogP contribution is 2.20. The maximum absolute atomic E-state index is 12.6. The van der Waals surface area contributed by atoms with Crippen molar-refractivity contribution >= 4 is 21.6 Å². The minimum absolute atomic E-state index is 0.0836. The Morgan fingerprint density at radius 2 is 1.72 bits per heavy atom. The average molecular weight is 360 g/mol. The molecule has 0 spiro atoms. The van der Waals surface area contributed by atoms with Crippen LogP contribution in [0.15, 0.2) is 47.4 Å². The fraction of sp³-hybridized carbons (Fsp3) is 0.316. The largest absolute Gasteiger partial charge is 0.322 e. The van der Waals surface area contributed by atoms with Crippen molar-refractivity contribution in [3.05, 3.63) is 59.2 Å². The van der Waals surface area contributed by atoms with E-state index in [1.54, 1.807) is 19.9 Å². The Kier molecular flexibility index (Phi) is 5.98. The number of amides is 1. The summed E-state index contributed by atoms with van der Waals surface area (Å²) in [7, 11) is -3.60. The van der Waals surface area contributed by atoms with E-state index in [0.717, 1.165) is 0 Å². The first-order valence-corrected chi connectivity index (χ1v) is 9.74. The summed E-state index contributed by atoms with van der Waals surface area (Å²) in [6.45, 7) is 7.99. The van der Waals surface area contributed by atoms with Crippen molar-refractivity contribution in [2.24, 2.45) is 0 Å². The molecule has 25 heavy (non-hydrogen) atoms. The molecule has 0 atom stereocenters. The van der Waals surface area contributed by atoms with Crippen LogP contribution in [0.1, 0.15) is 48.2 Å². The number of rotatable bonds is 6. The Morgan fingerprint density at radius 3 is 2.28 bits per heavy atom. The summed E-state index contributed by atoms with van der Waals surface area (Å²) >= 11 is 0. The second-order valence-electron chi connectivity index (χ2n) is 6.21. The summed E-state index contributed by atoms with van der Waals surface area (Å²) in [6.07, 6.45) is 0. The van der Waals surface area contributed by atoms with Gasteiger partial charge in [0.2, 0.25) is 10.0 Å². The number of benzene rings is 2. The molecular weight excluding hydrogens is 336 g/mol. The summed E-state index contributed by atoms with van der Waals surface area (Å²) in [5.41, 5.74) is 2.92. The van der Waals surface area contributed by atoms with Gasteiger partial charge in [-0.25, -0.2) is 13.1 Å². The molecule has 5 nitrogen and oxygen atoms in total. The van der Waals surface area contributed by atoms with Gasteiger partial charge in [-0.3, -0.25) is 4.79 Å². The fourth-order valence-corrected chi connectivity index (χ4v) is 3.50. The monoisotopic (exact) mass is 360 g/mol. The van der Waals surface area contributed by atoms with Crippen LogP contribution in [0.5, 0.6) is 0 Å². The molecule has 6 heteroatoms. The van der Waals surface area contributed by atoms with Gasteiger partial charge in [0, 0.05) is 17.8 Å². The molecule has 0 radical (unpaired) electrons. The second kappa shape index (κ2) is 7.80. The Balaban J connectivity index is 2.27. The second-order valence-corrected chi connectivity index (χ2v) is 7.98. The third kappa shape index (κ3) is 4.67. The van der Waals surface area contributed by atoms with E-state index >= 15 is 0 Å². The molecule has 0 saturated heterocycles. The molecule has 0 bridgehead atoms. The maximum Gasteiger partial charge on any atom is 0.255 e. The van der Waals surface area contributed by atoms with Gasteiger partial charge >= 0.3 is 0 Å². The highest BCUT2D eigenvalue weighted by atomic mass is 32.2. The zero-order chi connectivity index (χ0) is 18.6. The first-order valence-electron chi connectivity index (χ1n) is 8.26. The number of anilines is 1. The lowest BCUT2D eigenvalue weighted by Gasteiger charge is -2.11. The lowest BCUT2D eigenvalue weighted by atomic mass is 10.0. The van der Waals surface area contributed by atoms with E-state index in [0.29, 0.717) is 29.3 Å². The van der Waals surface area contributed by atoms with E-state index in [4.69, 9.17) is 0 Å². The van der Waals surface area contributed by atoms with E-state index in [9.17, 15) is 13.2 Å². The smallest absolute Gasteiger partial charge is 0.255 e. The molecule has 0 aliphatic carbocycles. The average Bonchev–Trinajstić information content (AvgIpc) is 2.55. The molecule has 0 saturated carbocycles. The highest BCUT2D eigenvalue weighted by Gasteiger charge is 2.17. The molecule has 2 rings (SSSR count). The van der Waals surface area contributed by atoms with Gasteiger partial charge in [0.05, 0.1) is 4.90 Å². The fourth-order valence-electron chi connectivity index (χ4n) is 2.44. The Labute approximate surface area is 149 Å². The van der Waals surface area contributed by atoms with Crippen LogP contribution in [0.25, 0.3) is 0 Å². The third-order valence-electron chi connectivity index (χ3n) is 3.93. The first-order chi connectivity index (χ1) is 11.7. The van der Waals surface area contributed by atoms with Crippen molar-refractivity contribution < 1.29 is 13.2 Å². The number of hydrogen-bond acceptors (Lipinski definition) is 3. The number of carbonyl (C=O) groups is 1. The van der Waals surface area contributed by atoms with Crippen LogP contribution in [-0.4, -0.2) is 20.9 Å². The molecule has 0 unspecified atom stereocenters. The van der Waals surface area contributed by atoms with Gasteiger partial charge in [-0.05, 0) is 48.2 Å². The summed E-state index contributed by atoms with van der Waals surface area (Å²) in [6, 6.07) is 12.2. The van der Waals surface area contributed by atoms with E-state index in [2.05, 4.69) is 23.9 Å². The number of nitrogens with one attached hydrogen (secondary N) is 2. The molecule has 0 aliphatic rings. The molecule has 0 aromatic heterocycles. The van der Waals surface area contributed by atoms with Crippen LogP contribution in [-0.2, 0) is 10.0 Å².